The lowest BCUT2D eigenvalue weighted by molar-refractivity contribution is -0.0356. The molecule has 22 heavy (non-hydrogen) atoms. The number of rotatable bonds is 11. The summed E-state index contributed by atoms with van der Waals surface area (Å²) in [4.78, 5) is 0. The molecule has 0 fully saturated rings. The predicted octanol–water partition coefficient (Wildman–Crippen LogP) is 2.19. The molecule has 6 nitrogen and oxygen atoms in total. The maximum Gasteiger partial charge on any atom is 0.333 e. The molecule has 1 aromatic rings. The van der Waals surface area contributed by atoms with Crippen LogP contribution in [-0.2, 0) is 25.0 Å². The van der Waals surface area contributed by atoms with Crippen LogP contribution in [0.2, 0.25) is 0 Å². The highest BCUT2D eigenvalue weighted by Crippen LogP contribution is 2.48. The minimum Gasteiger partial charge on any atom is -0.390 e. The third-order valence-electron chi connectivity index (χ3n) is 2.91. The van der Waals surface area contributed by atoms with Gasteiger partial charge >= 0.3 is 7.60 Å². The molecule has 0 amide bonds. The molecular weight excluding hydrogens is 307 g/mol. The van der Waals surface area contributed by atoms with Crippen molar-refractivity contribution in [1.29, 1.82) is 0 Å². The van der Waals surface area contributed by atoms with Crippen molar-refractivity contribution in [3.05, 3.63) is 35.9 Å². The normalized spacial score (nSPS) is 14.7. The predicted molar refractivity (Wildman–Crippen MR) is 83.8 cm³/mol. The van der Waals surface area contributed by atoms with Crippen LogP contribution in [-0.4, -0.2) is 48.4 Å². The molecule has 0 aliphatic carbocycles. The van der Waals surface area contributed by atoms with Crippen molar-refractivity contribution < 1.29 is 28.6 Å². The first-order valence-corrected chi connectivity index (χ1v) is 9.09. The topological polar surface area (TPSA) is 85.2 Å². The van der Waals surface area contributed by atoms with E-state index in [0.717, 1.165) is 5.56 Å². The van der Waals surface area contributed by atoms with E-state index in [1.54, 1.807) is 13.8 Å². The number of benzene rings is 1. The van der Waals surface area contributed by atoms with Gasteiger partial charge in [0.2, 0.25) is 0 Å². The summed E-state index contributed by atoms with van der Waals surface area (Å²) < 4.78 is 27.8. The highest BCUT2D eigenvalue weighted by molar-refractivity contribution is 7.53. The number of ether oxygens (including phenoxy) is 1. The summed E-state index contributed by atoms with van der Waals surface area (Å²) in [5.74, 6) is 0. The van der Waals surface area contributed by atoms with Gasteiger partial charge in [-0.05, 0) is 19.4 Å². The summed E-state index contributed by atoms with van der Waals surface area (Å²) in [6.07, 6.45) is -2.65. The van der Waals surface area contributed by atoms with Gasteiger partial charge in [0.25, 0.3) is 0 Å². The molecule has 126 valence electrons. The second-order valence-electron chi connectivity index (χ2n) is 4.76. The van der Waals surface area contributed by atoms with E-state index in [-0.39, 0.29) is 26.0 Å². The Morgan fingerprint density at radius 2 is 1.64 bits per heavy atom. The Kier molecular flexibility index (Phi) is 8.86. The lowest BCUT2D eigenvalue weighted by Crippen LogP contribution is -2.33. The molecule has 1 aromatic carbocycles. The molecule has 1 rings (SSSR count). The zero-order valence-electron chi connectivity index (χ0n) is 13.1. The fourth-order valence-electron chi connectivity index (χ4n) is 1.87. The molecule has 0 heterocycles. The van der Waals surface area contributed by atoms with E-state index in [2.05, 4.69) is 0 Å². The van der Waals surface area contributed by atoms with Crippen LogP contribution in [0.5, 0.6) is 0 Å². The zero-order valence-corrected chi connectivity index (χ0v) is 13.9. The van der Waals surface area contributed by atoms with Crippen LogP contribution in [0.15, 0.2) is 30.3 Å². The third-order valence-corrected chi connectivity index (χ3v) is 5.03. The number of aliphatic hydroxyl groups is 2. The van der Waals surface area contributed by atoms with E-state index in [1.807, 2.05) is 30.3 Å². The Morgan fingerprint density at radius 3 is 2.18 bits per heavy atom. The van der Waals surface area contributed by atoms with Crippen molar-refractivity contribution in [2.24, 2.45) is 0 Å². The largest absolute Gasteiger partial charge is 0.390 e. The number of hydrogen-bond acceptors (Lipinski definition) is 6. The van der Waals surface area contributed by atoms with Gasteiger partial charge in [0.05, 0.1) is 38.7 Å². The molecule has 0 saturated carbocycles. The van der Waals surface area contributed by atoms with Crippen molar-refractivity contribution in [2.75, 3.05) is 26.0 Å². The number of hydrogen-bond donors (Lipinski definition) is 2. The highest BCUT2D eigenvalue weighted by atomic mass is 31.2. The summed E-state index contributed by atoms with van der Waals surface area (Å²) >= 11 is 0. The average Bonchev–Trinajstić information content (AvgIpc) is 2.48. The molecule has 0 aromatic heterocycles. The molecule has 0 spiro atoms. The fraction of sp³-hybridized carbons (Fsp3) is 0.600. The standard InChI is InChI=1S/C15H25O6P/c1-3-20-22(18,21-4-2)12-15(17)14(16)11-19-10-13-8-6-5-7-9-13/h5-9,14-17H,3-4,10-12H2,1-2H3/t14-,15-/m1/s1. The molecule has 0 aliphatic heterocycles. The van der Waals surface area contributed by atoms with Crippen molar-refractivity contribution in [1.82, 2.24) is 0 Å². The first kappa shape index (κ1) is 19.3. The summed E-state index contributed by atoms with van der Waals surface area (Å²) in [7, 11) is -3.39. The molecule has 0 saturated heterocycles. The van der Waals surface area contributed by atoms with E-state index < -0.39 is 19.8 Å². The summed E-state index contributed by atoms with van der Waals surface area (Å²) in [5.41, 5.74) is 0.971. The molecule has 0 bridgehead atoms. The minimum absolute atomic E-state index is 0.0612. The van der Waals surface area contributed by atoms with Gasteiger partial charge in [-0.3, -0.25) is 4.57 Å². The minimum atomic E-state index is -3.39. The highest BCUT2D eigenvalue weighted by Gasteiger charge is 2.31. The first-order chi connectivity index (χ1) is 10.5. The second kappa shape index (κ2) is 10.1. The SMILES string of the molecule is CCOP(=O)(C[C@@H](O)[C@H](O)COCc1ccccc1)OCC. The third kappa shape index (κ3) is 7.01. The van der Waals surface area contributed by atoms with Gasteiger partial charge in [-0.1, -0.05) is 30.3 Å². The smallest absolute Gasteiger partial charge is 0.333 e. The van der Waals surface area contributed by atoms with Crippen molar-refractivity contribution in [3.63, 3.8) is 0 Å². The van der Waals surface area contributed by atoms with Gasteiger partial charge in [0, 0.05) is 0 Å². The summed E-state index contributed by atoms with van der Waals surface area (Å²) in [5, 5.41) is 19.8. The van der Waals surface area contributed by atoms with E-state index in [0.29, 0.717) is 6.61 Å². The Morgan fingerprint density at radius 1 is 1.05 bits per heavy atom. The van der Waals surface area contributed by atoms with Crippen LogP contribution >= 0.6 is 7.60 Å². The molecule has 2 N–H and O–H groups in total. The Hall–Kier alpha value is -0.750. The van der Waals surface area contributed by atoms with E-state index >= 15 is 0 Å². The van der Waals surface area contributed by atoms with E-state index in [9.17, 15) is 14.8 Å². The lowest BCUT2D eigenvalue weighted by Gasteiger charge is -2.23. The molecule has 0 radical (unpaired) electrons. The van der Waals surface area contributed by atoms with Gasteiger partial charge in [-0.25, -0.2) is 0 Å². The monoisotopic (exact) mass is 332 g/mol. The van der Waals surface area contributed by atoms with Crippen LogP contribution in [0.25, 0.3) is 0 Å². The molecule has 7 heteroatoms. The average molecular weight is 332 g/mol. The van der Waals surface area contributed by atoms with Gasteiger partial charge in [-0.2, -0.15) is 0 Å². The summed E-state index contributed by atoms with van der Waals surface area (Å²) in [6, 6.07) is 9.50. The van der Waals surface area contributed by atoms with Crippen LogP contribution in [0.4, 0.5) is 0 Å². The zero-order chi connectivity index (χ0) is 16.4. The van der Waals surface area contributed by atoms with Crippen LogP contribution in [0, 0.1) is 0 Å². The summed E-state index contributed by atoms with van der Waals surface area (Å²) in [6.45, 7) is 4.08. The van der Waals surface area contributed by atoms with Crippen molar-refractivity contribution >= 4 is 7.60 Å². The van der Waals surface area contributed by atoms with Crippen molar-refractivity contribution in [2.45, 2.75) is 32.7 Å². The number of aliphatic hydroxyl groups excluding tert-OH is 2. The molecular formula is C15H25O6P. The molecule has 0 aliphatic rings. The van der Waals surface area contributed by atoms with Gasteiger partial charge in [-0.15, -0.1) is 0 Å². The van der Waals surface area contributed by atoms with E-state index in [1.165, 1.54) is 0 Å². The van der Waals surface area contributed by atoms with Crippen molar-refractivity contribution in [3.8, 4) is 0 Å². The quantitative estimate of drug-likeness (QED) is 0.604. The van der Waals surface area contributed by atoms with Gasteiger partial charge < -0.3 is 24.0 Å². The Bertz CT molecular complexity index is 443. The maximum atomic E-state index is 12.3. The van der Waals surface area contributed by atoms with Crippen LogP contribution < -0.4 is 0 Å². The lowest BCUT2D eigenvalue weighted by atomic mass is 10.2. The maximum absolute atomic E-state index is 12.3. The Balaban J connectivity index is 2.40. The van der Waals surface area contributed by atoms with Gasteiger partial charge in [0.1, 0.15) is 6.10 Å². The molecule has 0 unspecified atom stereocenters. The Labute approximate surface area is 131 Å². The second-order valence-corrected chi connectivity index (χ2v) is 6.87. The van der Waals surface area contributed by atoms with Gasteiger partial charge in [0.15, 0.2) is 0 Å². The molecule has 2 atom stereocenters. The van der Waals surface area contributed by atoms with Crippen LogP contribution in [0.3, 0.4) is 0 Å². The first-order valence-electron chi connectivity index (χ1n) is 7.36. The van der Waals surface area contributed by atoms with E-state index in [4.69, 9.17) is 13.8 Å². The van der Waals surface area contributed by atoms with Crippen LogP contribution in [0.1, 0.15) is 19.4 Å². The fourth-order valence-corrected chi connectivity index (χ4v) is 3.64.